The minimum Gasteiger partial charge on any atom is -0.297 e. The molecule has 0 saturated carbocycles. The highest BCUT2D eigenvalue weighted by Crippen LogP contribution is 2.24. The van der Waals surface area contributed by atoms with Gasteiger partial charge in [-0.25, -0.2) is 0 Å². The molecule has 1 unspecified atom stereocenters. The minimum absolute atomic E-state index is 0.803. The molecule has 0 aromatic carbocycles. The van der Waals surface area contributed by atoms with Crippen molar-refractivity contribution >= 4 is 0 Å². The van der Waals surface area contributed by atoms with Gasteiger partial charge in [0.25, 0.3) is 0 Å². The lowest BCUT2D eigenvalue weighted by molar-refractivity contribution is 0.293. The van der Waals surface area contributed by atoms with Crippen molar-refractivity contribution in [2.24, 2.45) is 0 Å². The largest absolute Gasteiger partial charge is 0.297 e. The lowest BCUT2D eigenvalue weighted by Gasteiger charge is -2.18. The van der Waals surface area contributed by atoms with Gasteiger partial charge in [-0.05, 0) is 45.7 Å². The molecule has 2 heterocycles. The van der Waals surface area contributed by atoms with Gasteiger partial charge in [0.1, 0.15) is 0 Å². The molecule has 0 amide bonds. The van der Waals surface area contributed by atoms with Crippen LogP contribution in [0.15, 0.2) is 11.6 Å². The standard InChI is InChI=1S/C10H17N/c1-9-4-2-6-11-7-3-5-10(11)8-9/h8,10H,2-7H2,1H3. The van der Waals surface area contributed by atoms with Crippen LogP contribution in [0.1, 0.15) is 32.6 Å². The Bertz CT molecular complexity index is 172. The first-order chi connectivity index (χ1) is 5.36. The van der Waals surface area contributed by atoms with Gasteiger partial charge in [0.15, 0.2) is 0 Å². The lowest BCUT2D eigenvalue weighted by Crippen LogP contribution is -2.27. The number of fused-ring (bicyclic) bond motifs is 1. The molecule has 0 aliphatic carbocycles. The Morgan fingerprint density at radius 1 is 1.36 bits per heavy atom. The summed E-state index contributed by atoms with van der Waals surface area (Å²) in [5.41, 5.74) is 1.61. The van der Waals surface area contributed by atoms with Crippen LogP contribution in [0, 0.1) is 0 Å². The zero-order valence-electron chi connectivity index (χ0n) is 7.34. The summed E-state index contributed by atoms with van der Waals surface area (Å²) < 4.78 is 0. The quantitative estimate of drug-likeness (QED) is 0.480. The molecule has 2 aliphatic rings. The van der Waals surface area contributed by atoms with Crippen LogP contribution in [0.25, 0.3) is 0 Å². The summed E-state index contributed by atoms with van der Waals surface area (Å²) in [6.07, 6.45) is 8.00. The molecule has 1 atom stereocenters. The number of allylic oxidation sites excluding steroid dienone is 1. The van der Waals surface area contributed by atoms with Crippen molar-refractivity contribution < 1.29 is 0 Å². The van der Waals surface area contributed by atoms with E-state index >= 15 is 0 Å². The first-order valence-electron chi connectivity index (χ1n) is 4.77. The molecule has 1 saturated heterocycles. The van der Waals surface area contributed by atoms with E-state index in [4.69, 9.17) is 0 Å². The van der Waals surface area contributed by atoms with Gasteiger partial charge in [0, 0.05) is 6.04 Å². The number of rotatable bonds is 0. The SMILES string of the molecule is CC1=CC2CCCN2CCC1. The normalized spacial score (nSPS) is 32.8. The average molecular weight is 151 g/mol. The Kier molecular flexibility index (Phi) is 1.99. The van der Waals surface area contributed by atoms with E-state index in [-0.39, 0.29) is 0 Å². The van der Waals surface area contributed by atoms with Crippen LogP contribution >= 0.6 is 0 Å². The highest BCUT2D eigenvalue weighted by molar-refractivity contribution is 5.08. The van der Waals surface area contributed by atoms with Gasteiger partial charge in [0.2, 0.25) is 0 Å². The molecule has 1 heteroatoms. The zero-order valence-corrected chi connectivity index (χ0v) is 7.34. The third-order valence-corrected chi connectivity index (χ3v) is 2.91. The van der Waals surface area contributed by atoms with Crippen LogP contribution in [-0.2, 0) is 0 Å². The van der Waals surface area contributed by atoms with Crippen LogP contribution < -0.4 is 0 Å². The van der Waals surface area contributed by atoms with Gasteiger partial charge >= 0.3 is 0 Å². The van der Waals surface area contributed by atoms with Crippen LogP contribution in [-0.4, -0.2) is 24.0 Å². The van der Waals surface area contributed by atoms with Crippen LogP contribution in [0.3, 0.4) is 0 Å². The second-order valence-electron chi connectivity index (χ2n) is 3.86. The fourth-order valence-electron chi connectivity index (χ4n) is 2.29. The first kappa shape index (κ1) is 7.35. The van der Waals surface area contributed by atoms with Gasteiger partial charge in [-0.1, -0.05) is 11.6 Å². The number of hydrogen-bond acceptors (Lipinski definition) is 1. The van der Waals surface area contributed by atoms with E-state index in [2.05, 4.69) is 17.9 Å². The van der Waals surface area contributed by atoms with Gasteiger partial charge in [0.05, 0.1) is 0 Å². The van der Waals surface area contributed by atoms with Gasteiger partial charge in [-0.3, -0.25) is 4.90 Å². The molecule has 1 fully saturated rings. The molecular formula is C10H17N. The number of nitrogens with zero attached hydrogens (tertiary/aromatic N) is 1. The molecule has 2 aliphatic heterocycles. The Balaban J connectivity index is 2.11. The van der Waals surface area contributed by atoms with Gasteiger partial charge < -0.3 is 0 Å². The van der Waals surface area contributed by atoms with E-state index in [0.717, 1.165) is 6.04 Å². The Labute approximate surface area is 69.1 Å². The van der Waals surface area contributed by atoms with Crippen molar-refractivity contribution in [2.45, 2.75) is 38.6 Å². The molecule has 0 spiro atoms. The van der Waals surface area contributed by atoms with Crippen molar-refractivity contribution in [3.05, 3.63) is 11.6 Å². The molecule has 0 N–H and O–H groups in total. The van der Waals surface area contributed by atoms with E-state index in [1.807, 2.05) is 0 Å². The summed E-state index contributed by atoms with van der Waals surface area (Å²) in [7, 11) is 0. The molecule has 2 rings (SSSR count). The van der Waals surface area contributed by atoms with E-state index < -0.39 is 0 Å². The molecular weight excluding hydrogens is 134 g/mol. The molecule has 0 radical (unpaired) electrons. The topological polar surface area (TPSA) is 3.24 Å². The minimum atomic E-state index is 0.803. The zero-order chi connectivity index (χ0) is 7.68. The van der Waals surface area contributed by atoms with E-state index in [0.29, 0.717) is 0 Å². The molecule has 11 heavy (non-hydrogen) atoms. The van der Waals surface area contributed by atoms with Crippen molar-refractivity contribution in [1.29, 1.82) is 0 Å². The summed E-state index contributed by atoms with van der Waals surface area (Å²) >= 11 is 0. The predicted octanol–water partition coefficient (Wildman–Crippen LogP) is 2.19. The monoisotopic (exact) mass is 151 g/mol. The second kappa shape index (κ2) is 2.98. The fourth-order valence-corrected chi connectivity index (χ4v) is 2.29. The Morgan fingerprint density at radius 2 is 2.18 bits per heavy atom. The summed E-state index contributed by atoms with van der Waals surface area (Å²) in [6, 6.07) is 0.803. The fraction of sp³-hybridized carbons (Fsp3) is 0.800. The van der Waals surface area contributed by atoms with Crippen molar-refractivity contribution in [3.8, 4) is 0 Å². The summed E-state index contributed by atoms with van der Waals surface area (Å²) in [6.45, 7) is 4.95. The van der Waals surface area contributed by atoms with Crippen LogP contribution in [0.4, 0.5) is 0 Å². The lowest BCUT2D eigenvalue weighted by atomic mass is 10.1. The smallest absolute Gasteiger partial charge is 0.0281 e. The van der Waals surface area contributed by atoms with E-state index in [1.54, 1.807) is 5.57 Å². The van der Waals surface area contributed by atoms with Crippen LogP contribution in [0.2, 0.25) is 0 Å². The maximum atomic E-state index is 2.64. The highest BCUT2D eigenvalue weighted by Gasteiger charge is 2.23. The second-order valence-corrected chi connectivity index (χ2v) is 3.86. The third-order valence-electron chi connectivity index (χ3n) is 2.91. The van der Waals surface area contributed by atoms with Gasteiger partial charge in [-0.2, -0.15) is 0 Å². The maximum Gasteiger partial charge on any atom is 0.0281 e. The van der Waals surface area contributed by atoms with Crippen LogP contribution in [0.5, 0.6) is 0 Å². The van der Waals surface area contributed by atoms with Gasteiger partial charge in [-0.15, -0.1) is 0 Å². The molecule has 0 aromatic heterocycles. The van der Waals surface area contributed by atoms with E-state index in [1.165, 1.54) is 38.8 Å². The third kappa shape index (κ3) is 1.48. The highest BCUT2D eigenvalue weighted by atomic mass is 15.2. The number of hydrogen-bond donors (Lipinski definition) is 0. The Morgan fingerprint density at radius 3 is 3.09 bits per heavy atom. The summed E-state index contributed by atoms with van der Waals surface area (Å²) in [5, 5.41) is 0. The predicted molar refractivity (Wildman–Crippen MR) is 47.6 cm³/mol. The summed E-state index contributed by atoms with van der Waals surface area (Å²) in [5.74, 6) is 0. The van der Waals surface area contributed by atoms with E-state index in [9.17, 15) is 0 Å². The molecule has 0 aromatic rings. The maximum absolute atomic E-state index is 2.64. The average Bonchev–Trinajstić information content (AvgIpc) is 2.31. The molecule has 0 bridgehead atoms. The molecule has 62 valence electrons. The first-order valence-corrected chi connectivity index (χ1v) is 4.77. The summed E-state index contributed by atoms with van der Waals surface area (Å²) in [4.78, 5) is 2.64. The Hall–Kier alpha value is -0.300. The van der Waals surface area contributed by atoms with Crippen molar-refractivity contribution in [2.75, 3.05) is 13.1 Å². The molecule has 1 nitrogen and oxygen atoms in total. The van der Waals surface area contributed by atoms with Crippen molar-refractivity contribution in [3.63, 3.8) is 0 Å². The van der Waals surface area contributed by atoms with Crippen molar-refractivity contribution in [1.82, 2.24) is 4.90 Å².